The van der Waals surface area contributed by atoms with Gasteiger partial charge in [0.25, 0.3) is 0 Å². The van der Waals surface area contributed by atoms with Crippen molar-refractivity contribution in [2.75, 3.05) is 5.75 Å². The zero-order valence-corrected chi connectivity index (χ0v) is 12.7. The Morgan fingerprint density at radius 3 is 2.29 bits per heavy atom. The average Bonchev–Trinajstić information content (AvgIpc) is 2.45. The van der Waals surface area contributed by atoms with E-state index in [1.54, 1.807) is 23.9 Å². The van der Waals surface area contributed by atoms with Gasteiger partial charge >= 0.3 is 0 Å². The third-order valence-electron chi connectivity index (χ3n) is 4.12. The van der Waals surface area contributed by atoms with E-state index in [2.05, 4.69) is 12.1 Å². The summed E-state index contributed by atoms with van der Waals surface area (Å²) < 4.78 is 12.8. The molecule has 2 aromatic carbocycles. The van der Waals surface area contributed by atoms with Crippen molar-refractivity contribution < 1.29 is 9.50 Å². The van der Waals surface area contributed by atoms with Crippen LogP contribution in [0.2, 0.25) is 0 Å². The molecule has 1 unspecified atom stereocenters. The second-order valence-electron chi connectivity index (χ2n) is 5.58. The quantitative estimate of drug-likeness (QED) is 0.791. The Labute approximate surface area is 129 Å². The minimum atomic E-state index is -0.490. The summed E-state index contributed by atoms with van der Waals surface area (Å²) in [5, 5.41) is 10.2. The van der Waals surface area contributed by atoms with E-state index in [0.29, 0.717) is 5.75 Å². The highest BCUT2D eigenvalue weighted by Gasteiger charge is 2.19. The molecule has 1 aliphatic carbocycles. The molecule has 3 heteroatoms. The van der Waals surface area contributed by atoms with Gasteiger partial charge in [0, 0.05) is 10.6 Å². The molecular formula is C18H19FOS. The van der Waals surface area contributed by atoms with E-state index >= 15 is 0 Å². The van der Waals surface area contributed by atoms with E-state index < -0.39 is 6.10 Å². The Morgan fingerprint density at radius 1 is 1.05 bits per heavy atom. The van der Waals surface area contributed by atoms with Crippen molar-refractivity contribution in [1.82, 2.24) is 0 Å². The van der Waals surface area contributed by atoms with Crippen LogP contribution < -0.4 is 0 Å². The molecule has 21 heavy (non-hydrogen) atoms. The fourth-order valence-electron chi connectivity index (χ4n) is 2.53. The van der Waals surface area contributed by atoms with Crippen LogP contribution >= 0.6 is 11.8 Å². The summed E-state index contributed by atoms with van der Waals surface area (Å²) in [7, 11) is 0. The van der Waals surface area contributed by atoms with E-state index in [1.165, 1.54) is 37.0 Å². The lowest BCUT2D eigenvalue weighted by Crippen LogP contribution is -2.09. The second kappa shape index (κ2) is 6.63. The number of halogens is 1. The van der Waals surface area contributed by atoms with Crippen molar-refractivity contribution >= 4 is 11.8 Å². The van der Waals surface area contributed by atoms with Crippen molar-refractivity contribution in [2.24, 2.45) is 0 Å². The van der Waals surface area contributed by atoms with Crippen LogP contribution in [-0.4, -0.2) is 10.9 Å². The Balaban J connectivity index is 1.56. The summed E-state index contributed by atoms with van der Waals surface area (Å²) in [4.78, 5) is 0.974. The molecule has 0 saturated heterocycles. The zero-order valence-electron chi connectivity index (χ0n) is 11.8. The van der Waals surface area contributed by atoms with Crippen LogP contribution in [0.25, 0.3) is 0 Å². The third-order valence-corrected chi connectivity index (χ3v) is 5.21. The monoisotopic (exact) mass is 302 g/mol. The minimum Gasteiger partial charge on any atom is -0.388 e. The zero-order chi connectivity index (χ0) is 14.7. The van der Waals surface area contributed by atoms with E-state index in [-0.39, 0.29) is 5.82 Å². The molecule has 0 amide bonds. The maximum absolute atomic E-state index is 12.8. The lowest BCUT2D eigenvalue weighted by molar-refractivity contribution is 0.204. The highest BCUT2D eigenvalue weighted by molar-refractivity contribution is 7.99. The second-order valence-corrected chi connectivity index (χ2v) is 6.67. The normalized spacial score (nSPS) is 16.5. The Hall–Kier alpha value is -1.32. The molecule has 1 saturated carbocycles. The first-order chi connectivity index (χ1) is 10.2. The van der Waals surface area contributed by atoms with Crippen LogP contribution in [-0.2, 0) is 0 Å². The predicted octanol–water partition coefficient (Wildman–Crippen LogP) is 4.92. The molecule has 0 aliphatic heterocycles. The van der Waals surface area contributed by atoms with Crippen LogP contribution in [0, 0.1) is 5.82 Å². The number of hydrogen-bond acceptors (Lipinski definition) is 2. The van der Waals surface area contributed by atoms with Crippen molar-refractivity contribution in [3.8, 4) is 0 Å². The summed E-state index contributed by atoms with van der Waals surface area (Å²) in [6.07, 6.45) is 3.43. The van der Waals surface area contributed by atoms with Gasteiger partial charge in [0.05, 0.1) is 6.10 Å². The van der Waals surface area contributed by atoms with Crippen LogP contribution in [0.1, 0.15) is 42.4 Å². The molecule has 0 aromatic heterocycles. The number of aliphatic hydroxyl groups excluding tert-OH is 1. The minimum absolute atomic E-state index is 0.230. The molecule has 0 heterocycles. The highest BCUT2D eigenvalue weighted by Crippen LogP contribution is 2.36. The van der Waals surface area contributed by atoms with Crippen molar-refractivity contribution in [1.29, 1.82) is 0 Å². The molecule has 0 bridgehead atoms. The number of thioether (sulfide) groups is 1. The molecule has 1 aliphatic rings. The van der Waals surface area contributed by atoms with Crippen LogP contribution in [0.5, 0.6) is 0 Å². The fourth-order valence-corrected chi connectivity index (χ4v) is 3.41. The molecule has 1 nitrogen and oxygen atoms in total. The first-order valence-electron chi connectivity index (χ1n) is 7.38. The summed E-state index contributed by atoms with van der Waals surface area (Å²) in [5.41, 5.74) is 2.34. The van der Waals surface area contributed by atoms with Crippen molar-refractivity contribution in [3.05, 3.63) is 65.5 Å². The summed E-state index contributed by atoms with van der Waals surface area (Å²) in [6.45, 7) is 0. The third kappa shape index (κ3) is 3.66. The van der Waals surface area contributed by atoms with Gasteiger partial charge in [0.15, 0.2) is 0 Å². The molecular weight excluding hydrogens is 283 g/mol. The fraction of sp³-hybridized carbons (Fsp3) is 0.333. The van der Waals surface area contributed by atoms with Gasteiger partial charge in [-0.25, -0.2) is 4.39 Å². The van der Waals surface area contributed by atoms with Gasteiger partial charge in [-0.3, -0.25) is 0 Å². The van der Waals surface area contributed by atoms with Gasteiger partial charge in [-0.05, 0) is 54.2 Å². The molecule has 0 spiro atoms. The maximum Gasteiger partial charge on any atom is 0.123 e. The van der Waals surface area contributed by atoms with Crippen molar-refractivity contribution in [3.63, 3.8) is 0 Å². The first-order valence-corrected chi connectivity index (χ1v) is 8.37. The lowest BCUT2D eigenvalue weighted by atomic mass is 9.80. The Bertz CT molecular complexity index is 575. The number of hydrogen-bond donors (Lipinski definition) is 1. The molecule has 2 aromatic rings. The smallest absolute Gasteiger partial charge is 0.123 e. The molecule has 0 radical (unpaired) electrons. The molecule has 110 valence electrons. The summed E-state index contributed by atoms with van der Waals surface area (Å²) in [6, 6.07) is 14.7. The average molecular weight is 302 g/mol. The van der Waals surface area contributed by atoms with E-state index in [1.807, 2.05) is 12.1 Å². The molecule has 1 N–H and O–H groups in total. The van der Waals surface area contributed by atoms with Crippen LogP contribution in [0.4, 0.5) is 4.39 Å². The number of benzene rings is 2. The molecule has 3 rings (SSSR count). The summed E-state index contributed by atoms with van der Waals surface area (Å²) in [5.74, 6) is 1.07. The van der Waals surface area contributed by atoms with E-state index in [0.717, 1.165) is 16.4 Å². The van der Waals surface area contributed by atoms with Gasteiger partial charge in [0.2, 0.25) is 0 Å². The van der Waals surface area contributed by atoms with Crippen LogP contribution in [0.3, 0.4) is 0 Å². The van der Waals surface area contributed by atoms with E-state index in [9.17, 15) is 9.50 Å². The van der Waals surface area contributed by atoms with Gasteiger partial charge in [-0.1, -0.05) is 30.7 Å². The predicted molar refractivity (Wildman–Crippen MR) is 85.1 cm³/mol. The molecule has 1 atom stereocenters. The van der Waals surface area contributed by atoms with Gasteiger partial charge in [-0.2, -0.15) is 0 Å². The lowest BCUT2D eigenvalue weighted by Gasteiger charge is -2.26. The number of rotatable bonds is 5. The van der Waals surface area contributed by atoms with Crippen LogP contribution in [0.15, 0.2) is 53.4 Å². The number of aliphatic hydroxyl groups is 1. The topological polar surface area (TPSA) is 20.2 Å². The first kappa shape index (κ1) is 14.6. The van der Waals surface area contributed by atoms with E-state index in [4.69, 9.17) is 0 Å². The summed E-state index contributed by atoms with van der Waals surface area (Å²) >= 11 is 1.54. The molecule has 1 fully saturated rings. The Kier molecular flexibility index (Phi) is 4.61. The van der Waals surface area contributed by atoms with Crippen molar-refractivity contribution in [2.45, 2.75) is 36.2 Å². The SMILES string of the molecule is OC(CSc1ccc(F)cc1)c1ccc(C2CCC2)cc1. The maximum atomic E-state index is 12.8. The van der Waals surface area contributed by atoms with Gasteiger partial charge < -0.3 is 5.11 Å². The highest BCUT2D eigenvalue weighted by atomic mass is 32.2. The van der Waals surface area contributed by atoms with Gasteiger partial charge in [0.1, 0.15) is 5.82 Å². The Morgan fingerprint density at radius 2 is 1.71 bits per heavy atom. The standard InChI is InChI=1S/C18H19FOS/c19-16-8-10-17(11-9-16)21-12-18(20)15-6-4-14(5-7-15)13-2-1-3-13/h4-11,13,18,20H,1-3,12H2. The largest absolute Gasteiger partial charge is 0.388 e. The van der Waals surface area contributed by atoms with Gasteiger partial charge in [-0.15, -0.1) is 11.8 Å².